The standard InChI is InChI=1S/C15H12ClF4N/c1-8-6-9(15(18,19)20)2-4-11(8)14(21)12-5-3-10(17)7-13(12)16/h2-7,14H,21H2,1H3. The minimum atomic E-state index is -4.40. The molecule has 1 unspecified atom stereocenters. The third kappa shape index (κ3) is 3.36. The van der Waals surface area contributed by atoms with Crippen molar-refractivity contribution in [3.05, 3.63) is 69.5 Å². The number of hydrogen-bond acceptors (Lipinski definition) is 1. The third-order valence-corrected chi connectivity index (χ3v) is 3.56. The first kappa shape index (κ1) is 15.8. The van der Waals surface area contributed by atoms with Gasteiger partial charge in [-0.2, -0.15) is 13.2 Å². The average Bonchev–Trinajstić information content (AvgIpc) is 2.36. The summed E-state index contributed by atoms with van der Waals surface area (Å²) in [5.74, 6) is -0.500. The van der Waals surface area contributed by atoms with Crippen LogP contribution in [-0.4, -0.2) is 0 Å². The van der Waals surface area contributed by atoms with Gasteiger partial charge in [-0.25, -0.2) is 4.39 Å². The maximum absolute atomic E-state index is 13.0. The van der Waals surface area contributed by atoms with E-state index in [4.69, 9.17) is 17.3 Å². The van der Waals surface area contributed by atoms with Gasteiger partial charge in [0.05, 0.1) is 11.6 Å². The molecule has 2 aromatic carbocycles. The lowest BCUT2D eigenvalue weighted by Gasteiger charge is -2.18. The van der Waals surface area contributed by atoms with E-state index in [1.807, 2.05) is 0 Å². The van der Waals surface area contributed by atoms with Crippen LogP contribution in [0.5, 0.6) is 0 Å². The Morgan fingerprint density at radius 1 is 1.05 bits per heavy atom. The van der Waals surface area contributed by atoms with Gasteiger partial charge in [-0.15, -0.1) is 0 Å². The molecule has 0 spiro atoms. The summed E-state index contributed by atoms with van der Waals surface area (Å²) in [6.45, 7) is 1.54. The number of rotatable bonds is 2. The molecule has 0 saturated heterocycles. The second kappa shape index (κ2) is 5.66. The highest BCUT2D eigenvalue weighted by atomic mass is 35.5. The van der Waals surface area contributed by atoms with Crippen LogP contribution >= 0.6 is 11.6 Å². The Morgan fingerprint density at radius 3 is 2.19 bits per heavy atom. The Kier molecular flexibility index (Phi) is 4.25. The zero-order valence-corrected chi connectivity index (χ0v) is 11.8. The van der Waals surface area contributed by atoms with Crippen LogP contribution in [0.15, 0.2) is 36.4 Å². The molecule has 2 N–H and O–H groups in total. The largest absolute Gasteiger partial charge is 0.416 e. The molecular weight excluding hydrogens is 306 g/mol. The van der Waals surface area contributed by atoms with Crippen molar-refractivity contribution in [3.8, 4) is 0 Å². The van der Waals surface area contributed by atoms with Crippen molar-refractivity contribution in [1.29, 1.82) is 0 Å². The van der Waals surface area contributed by atoms with Gasteiger partial charge in [-0.05, 0) is 47.9 Å². The molecule has 0 saturated carbocycles. The Labute approximate surface area is 124 Å². The summed E-state index contributed by atoms with van der Waals surface area (Å²) in [7, 11) is 0. The van der Waals surface area contributed by atoms with Crippen molar-refractivity contribution in [2.24, 2.45) is 5.73 Å². The topological polar surface area (TPSA) is 26.0 Å². The van der Waals surface area contributed by atoms with Crippen LogP contribution in [0.4, 0.5) is 17.6 Å². The Hall–Kier alpha value is -1.59. The Morgan fingerprint density at radius 2 is 1.67 bits per heavy atom. The zero-order chi connectivity index (χ0) is 15.8. The van der Waals surface area contributed by atoms with Crippen molar-refractivity contribution in [3.63, 3.8) is 0 Å². The lowest BCUT2D eigenvalue weighted by atomic mass is 9.94. The predicted molar refractivity (Wildman–Crippen MR) is 73.6 cm³/mol. The molecule has 0 aromatic heterocycles. The van der Waals surface area contributed by atoms with Crippen LogP contribution < -0.4 is 5.73 Å². The molecule has 0 bridgehead atoms. The highest BCUT2D eigenvalue weighted by Crippen LogP contribution is 2.33. The van der Waals surface area contributed by atoms with Crippen LogP contribution in [0.3, 0.4) is 0 Å². The highest BCUT2D eigenvalue weighted by Gasteiger charge is 2.31. The fourth-order valence-corrected chi connectivity index (χ4v) is 2.41. The molecule has 0 radical (unpaired) electrons. The van der Waals surface area contributed by atoms with Gasteiger partial charge in [0, 0.05) is 5.02 Å². The van der Waals surface area contributed by atoms with E-state index in [-0.39, 0.29) is 5.02 Å². The van der Waals surface area contributed by atoms with E-state index in [2.05, 4.69) is 0 Å². The summed E-state index contributed by atoms with van der Waals surface area (Å²) < 4.78 is 50.9. The van der Waals surface area contributed by atoms with E-state index < -0.39 is 23.6 Å². The molecule has 0 amide bonds. The first-order chi connectivity index (χ1) is 9.70. The van der Waals surface area contributed by atoms with Crippen LogP contribution in [0, 0.1) is 12.7 Å². The van der Waals surface area contributed by atoms with Gasteiger partial charge in [0.2, 0.25) is 0 Å². The molecule has 6 heteroatoms. The molecule has 2 aromatic rings. The number of halogens is 5. The van der Waals surface area contributed by atoms with Crippen LogP contribution in [0.2, 0.25) is 5.02 Å². The maximum Gasteiger partial charge on any atom is 0.416 e. The van der Waals surface area contributed by atoms with E-state index in [1.165, 1.54) is 18.2 Å². The lowest BCUT2D eigenvalue weighted by molar-refractivity contribution is -0.137. The number of hydrogen-bond donors (Lipinski definition) is 1. The molecule has 112 valence electrons. The van der Waals surface area contributed by atoms with E-state index in [1.54, 1.807) is 6.92 Å². The number of nitrogens with two attached hydrogens (primary N) is 1. The van der Waals surface area contributed by atoms with Gasteiger partial charge in [0.25, 0.3) is 0 Å². The molecule has 0 aliphatic rings. The molecule has 1 nitrogen and oxygen atoms in total. The van der Waals surface area contributed by atoms with Gasteiger partial charge >= 0.3 is 6.18 Å². The summed E-state index contributed by atoms with van der Waals surface area (Å²) in [6, 6.07) is 6.37. The van der Waals surface area contributed by atoms with E-state index in [0.29, 0.717) is 16.7 Å². The fraction of sp³-hybridized carbons (Fsp3) is 0.200. The van der Waals surface area contributed by atoms with E-state index >= 15 is 0 Å². The molecule has 0 fully saturated rings. The minimum absolute atomic E-state index is 0.141. The van der Waals surface area contributed by atoms with E-state index in [9.17, 15) is 17.6 Å². The van der Waals surface area contributed by atoms with Gasteiger partial charge in [-0.1, -0.05) is 23.7 Å². The predicted octanol–water partition coefficient (Wildman–Crippen LogP) is 4.85. The van der Waals surface area contributed by atoms with Gasteiger partial charge in [0.15, 0.2) is 0 Å². The second-order valence-electron chi connectivity index (χ2n) is 4.71. The first-order valence-corrected chi connectivity index (χ1v) is 6.46. The molecule has 0 aliphatic heterocycles. The zero-order valence-electron chi connectivity index (χ0n) is 11.0. The second-order valence-corrected chi connectivity index (χ2v) is 5.12. The quantitative estimate of drug-likeness (QED) is 0.787. The molecule has 21 heavy (non-hydrogen) atoms. The third-order valence-electron chi connectivity index (χ3n) is 3.23. The first-order valence-electron chi connectivity index (χ1n) is 6.08. The molecular formula is C15H12ClF4N. The van der Waals surface area contributed by atoms with Crippen LogP contribution in [0.1, 0.15) is 28.3 Å². The van der Waals surface area contributed by atoms with Crippen molar-refractivity contribution >= 4 is 11.6 Å². The summed E-state index contributed by atoms with van der Waals surface area (Å²) in [5.41, 5.74) is 6.67. The highest BCUT2D eigenvalue weighted by molar-refractivity contribution is 6.31. The molecule has 0 heterocycles. The Bertz CT molecular complexity index is 667. The fourth-order valence-electron chi connectivity index (χ4n) is 2.12. The van der Waals surface area contributed by atoms with Crippen molar-refractivity contribution in [2.45, 2.75) is 19.1 Å². The number of aryl methyl sites for hydroxylation is 1. The normalized spacial score (nSPS) is 13.3. The summed E-state index contributed by atoms with van der Waals surface area (Å²) >= 11 is 5.93. The number of alkyl halides is 3. The van der Waals surface area contributed by atoms with E-state index in [0.717, 1.165) is 18.2 Å². The summed E-state index contributed by atoms with van der Waals surface area (Å²) in [5, 5.41) is 0.141. The average molecular weight is 318 g/mol. The summed E-state index contributed by atoms with van der Waals surface area (Å²) in [4.78, 5) is 0. The van der Waals surface area contributed by atoms with Crippen molar-refractivity contribution < 1.29 is 17.6 Å². The van der Waals surface area contributed by atoms with Gasteiger partial charge < -0.3 is 5.73 Å². The monoisotopic (exact) mass is 317 g/mol. The smallest absolute Gasteiger partial charge is 0.320 e. The van der Waals surface area contributed by atoms with Crippen molar-refractivity contribution in [1.82, 2.24) is 0 Å². The lowest BCUT2D eigenvalue weighted by Crippen LogP contribution is -2.15. The Balaban J connectivity index is 2.42. The molecule has 0 aliphatic carbocycles. The van der Waals surface area contributed by atoms with Crippen molar-refractivity contribution in [2.75, 3.05) is 0 Å². The van der Waals surface area contributed by atoms with Gasteiger partial charge in [0.1, 0.15) is 5.82 Å². The van der Waals surface area contributed by atoms with Gasteiger partial charge in [-0.3, -0.25) is 0 Å². The maximum atomic E-state index is 13.0. The molecule has 2 rings (SSSR count). The van der Waals surface area contributed by atoms with Crippen LogP contribution in [-0.2, 0) is 6.18 Å². The van der Waals surface area contributed by atoms with Crippen LogP contribution in [0.25, 0.3) is 0 Å². The summed E-state index contributed by atoms with van der Waals surface area (Å²) in [6.07, 6.45) is -4.40. The molecule has 1 atom stereocenters. The SMILES string of the molecule is Cc1cc(C(F)(F)F)ccc1C(N)c1ccc(F)cc1Cl. The number of benzene rings is 2. The minimum Gasteiger partial charge on any atom is -0.320 e.